The predicted octanol–water partition coefficient (Wildman–Crippen LogP) is 0.945. The number of nitrogen functional groups attached to an aromatic ring is 1. The van der Waals surface area contributed by atoms with E-state index in [1.54, 1.807) is 24.3 Å². The molecule has 3 N–H and O–H groups in total. The smallest absolute Gasteiger partial charge is 0.218 e. The molecular formula is C13H20N2O3S. The summed E-state index contributed by atoms with van der Waals surface area (Å²) in [5.41, 5.74) is 6.92. The minimum atomic E-state index is -3.38. The molecule has 1 aromatic carbocycles. The van der Waals surface area contributed by atoms with Gasteiger partial charge in [-0.25, -0.2) is 8.42 Å². The van der Waals surface area contributed by atoms with E-state index in [9.17, 15) is 8.42 Å². The Morgan fingerprint density at radius 2 is 1.89 bits per heavy atom. The first-order chi connectivity index (χ1) is 9.03. The molecule has 0 radical (unpaired) electrons. The van der Waals surface area contributed by atoms with Crippen molar-refractivity contribution in [2.45, 2.75) is 31.1 Å². The van der Waals surface area contributed by atoms with Gasteiger partial charge in [0.1, 0.15) is 0 Å². The Morgan fingerprint density at radius 3 is 2.37 bits per heavy atom. The van der Waals surface area contributed by atoms with E-state index in [-0.39, 0.29) is 24.9 Å². The second-order valence-electron chi connectivity index (χ2n) is 4.92. The van der Waals surface area contributed by atoms with Crippen molar-refractivity contribution in [3.63, 3.8) is 0 Å². The quantitative estimate of drug-likeness (QED) is 0.762. The molecule has 1 aliphatic carbocycles. The molecule has 1 aromatic rings. The van der Waals surface area contributed by atoms with Crippen molar-refractivity contribution in [2.75, 3.05) is 18.9 Å². The van der Waals surface area contributed by atoms with Gasteiger partial charge < -0.3 is 10.8 Å². The summed E-state index contributed by atoms with van der Waals surface area (Å²) in [6.07, 6.45) is 2.84. The molecule has 19 heavy (non-hydrogen) atoms. The lowest BCUT2D eigenvalue weighted by molar-refractivity contribution is 0.178. The lowest BCUT2D eigenvalue weighted by Crippen LogP contribution is -2.46. The van der Waals surface area contributed by atoms with Crippen LogP contribution in [0.3, 0.4) is 0 Å². The number of benzene rings is 1. The van der Waals surface area contributed by atoms with Crippen molar-refractivity contribution in [1.82, 2.24) is 4.31 Å². The van der Waals surface area contributed by atoms with Gasteiger partial charge in [-0.05, 0) is 30.5 Å². The first kappa shape index (κ1) is 14.3. The highest BCUT2D eigenvalue weighted by molar-refractivity contribution is 7.88. The summed E-state index contributed by atoms with van der Waals surface area (Å²) >= 11 is 0. The van der Waals surface area contributed by atoms with Crippen LogP contribution in [0.25, 0.3) is 0 Å². The van der Waals surface area contributed by atoms with Crippen LogP contribution in [0.15, 0.2) is 24.3 Å². The van der Waals surface area contributed by atoms with E-state index in [0.717, 1.165) is 24.8 Å². The van der Waals surface area contributed by atoms with Crippen LogP contribution in [-0.2, 0) is 15.8 Å². The monoisotopic (exact) mass is 284 g/mol. The van der Waals surface area contributed by atoms with Gasteiger partial charge in [0.05, 0.1) is 12.4 Å². The number of nitrogens with zero attached hydrogens (tertiary/aromatic N) is 1. The molecule has 2 rings (SSSR count). The predicted molar refractivity (Wildman–Crippen MR) is 74.9 cm³/mol. The van der Waals surface area contributed by atoms with Gasteiger partial charge in [0.25, 0.3) is 0 Å². The van der Waals surface area contributed by atoms with Crippen molar-refractivity contribution in [3.05, 3.63) is 29.8 Å². The molecule has 0 spiro atoms. The van der Waals surface area contributed by atoms with E-state index in [4.69, 9.17) is 10.8 Å². The number of hydrogen-bond acceptors (Lipinski definition) is 4. The fourth-order valence-corrected chi connectivity index (χ4v) is 4.03. The van der Waals surface area contributed by atoms with Crippen LogP contribution in [0.5, 0.6) is 0 Å². The lowest BCUT2D eigenvalue weighted by atomic mass is 9.93. The maximum Gasteiger partial charge on any atom is 0.218 e. The van der Waals surface area contributed by atoms with Crippen LogP contribution in [0.1, 0.15) is 24.8 Å². The van der Waals surface area contributed by atoms with Crippen LogP contribution >= 0.6 is 0 Å². The fraction of sp³-hybridized carbons (Fsp3) is 0.538. The van der Waals surface area contributed by atoms with Gasteiger partial charge in [0.15, 0.2) is 0 Å². The van der Waals surface area contributed by atoms with Gasteiger partial charge in [-0.15, -0.1) is 0 Å². The molecule has 1 fully saturated rings. The minimum Gasteiger partial charge on any atom is -0.399 e. The molecule has 6 heteroatoms. The molecular weight excluding hydrogens is 264 g/mol. The first-order valence-corrected chi connectivity index (χ1v) is 8.08. The molecule has 0 amide bonds. The molecule has 0 unspecified atom stereocenters. The van der Waals surface area contributed by atoms with Crippen LogP contribution in [0.4, 0.5) is 5.69 Å². The normalized spacial score (nSPS) is 16.5. The Hall–Kier alpha value is -1.11. The van der Waals surface area contributed by atoms with Crippen molar-refractivity contribution in [3.8, 4) is 0 Å². The average Bonchev–Trinajstić information content (AvgIpc) is 2.29. The van der Waals surface area contributed by atoms with Crippen LogP contribution in [0.2, 0.25) is 0 Å². The molecule has 106 valence electrons. The summed E-state index contributed by atoms with van der Waals surface area (Å²) in [6, 6.07) is 6.91. The van der Waals surface area contributed by atoms with Crippen LogP contribution < -0.4 is 5.73 Å². The highest BCUT2D eigenvalue weighted by atomic mass is 32.2. The molecule has 5 nitrogen and oxygen atoms in total. The Morgan fingerprint density at radius 1 is 1.26 bits per heavy atom. The second-order valence-corrected chi connectivity index (χ2v) is 6.84. The number of nitrogens with two attached hydrogens (primary N) is 1. The maximum atomic E-state index is 12.4. The Labute approximate surface area is 114 Å². The minimum absolute atomic E-state index is 0.0379. The van der Waals surface area contributed by atoms with Gasteiger partial charge in [-0.1, -0.05) is 18.6 Å². The summed E-state index contributed by atoms with van der Waals surface area (Å²) in [5.74, 6) is -0.0379. The van der Waals surface area contributed by atoms with Gasteiger partial charge in [0, 0.05) is 18.3 Å². The largest absolute Gasteiger partial charge is 0.399 e. The number of aliphatic hydroxyl groups is 1. The maximum absolute atomic E-state index is 12.4. The van der Waals surface area contributed by atoms with E-state index in [1.807, 2.05) is 0 Å². The average molecular weight is 284 g/mol. The van der Waals surface area contributed by atoms with Crippen molar-refractivity contribution in [1.29, 1.82) is 0 Å². The number of aliphatic hydroxyl groups excluding tert-OH is 1. The highest BCUT2D eigenvalue weighted by Crippen LogP contribution is 2.28. The molecule has 1 saturated carbocycles. The summed E-state index contributed by atoms with van der Waals surface area (Å²) in [4.78, 5) is 0. The lowest BCUT2D eigenvalue weighted by Gasteiger charge is -2.36. The van der Waals surface area contributed by atoms with Crippen LogP contribution in [0, 0.1) is 0 Å². The number of hydrogen-bond donors (Lipinski definition) is 2. The number of anilines is 1. The summed E-state index contributed by atoms with van der Waals surface area (Å²) in [6.45, 7) is 0.0411. The molecule has 0 atom stereocenters. The number of sulfonamides is 1. The SMILES string of the molecule is Nc1ccc(CS(=O)(=O)N(CCO)C2CCC2)cc1. The zero-order valence-corrected chi connectivity index (χ0v) is 11.6. The highest BCUT2D eigenvalue weighted by Gasteiger charge is 2.33. The molecule has 0 saturated heterocycles. The first-order valence-electron chi connectivity index (χ1n) is 6.48. The van der Waals surface area contributed by atoms with Crippen molar-refractivity contribution >= 4 is 15.7 Å². The third-order valence-corrected chi connectivity index (χ3v) is 5.38. The molecule has 0 bridgehead atoms. The molecule has 1 aliphatic rings. The fourth-order valence-electron chi connectivity index (χ4n) is 2.23. The third kappa shape index (κ3) is 3.46. The van der Waals surface area contributed by atoms with Gasteiger partial charge in [0.2, 0.25) is 10.0 Å². The van der Waals surface area contributed by atoms with Crippen LogP contribution in [-0.4, -0.2) is 37.0 Å². The van der Waals surface area contributed by atoms with E-state index < -0.39 is 10.0 Å². The summed E-state index contributed by atoms with van der Waals surface area (Å²) in [7, 11) is -3.38. The molecule has 0 aliphatic heterocycles. The zero-order valence-electron chi connectivity index (χ0n) is 10.8. The third-order valence-electron chi connectivity index (χ3n) is 3.49. The second kappa shape index (κ2) is 5.90. The zero-order chi connectivity index (χ0) is 13.9. The Bertz CT molecular complexity index is 509. The van der Waals surface area contributed by atoms with E-state index in [0.29, 0.717) is 5.69 Å². The van der Waals surface area contributed by atoms with E-state index in [2.05, 4.69) is 0 Å². The van der Waals surface area contributed by atoms with Gasteiger partial charge in [-0.2, -0.15) is 4.31 Å². The summed E-state index contributed by atoms with van der Waals surface area (Å²) < 4.78 is 26.2. The van der Waals surface area contributed by atoms with E-state index in [1.165, 1.54) is 4.31 Å². The molecule has 0 heterocycles. The summed E-state index contributed by atoms with van der Waals surface area (Å²) in [5, 5.41) is 9.05. The molecule has 0 aromatic heterocycles. The standard InChI is InChI=1S/C13H20N2O3S/c14-12-6-4-11(5-7-12)10-19(17,18)15(8-9-16)13-2-1-3-13/h4-7,13,16H,1-3,8-10,14H2. The Kier molecular flexibility index (Phi) is 4.44. The Balaban J connectivity index is 2.12. The van der Waals surface area contributed by atoms with Gasteiger partial charge >= 0.3 is 0 Å². The van der Waals surface area contributed by atoms with Crippen molar-refractivity contribution in [2.24, 2.45) is 0 Å². The topological polar surface area (TPSA) is 83.6 Å². The van der Waals surface area contributed by atoms with E-state index >= 15 is 0 Å². The van der Waals surface area contributed by atoms with Gasteiger partial charge in [-0.3, -0.25) is 0 Å². The van der Waals surface area contributed by atoms with Crippen molar-refractivity contribution < 1.29 is 13.5 Å². The number of rotatable bonds is 6.